The summed E-state index contributed by atoms with van der Waals surface area (Å²) in [6.07, 6.45) is 4.70. The van der Waals surface area contributed by atoms with Crippen molar-refractivity contribution in [1.29, 1.82) is 0 Å². The average Bonchev–Trinajstić information content (AvgIpc) is 3.19. The Morgan fingerprint density at radius 1 is 1.48 bits per heavy atom. The number of nitrogen functional groups attached to an aromatic ring is 1. The van der Waals surface area contributed by atoms with Crippen molar-refractivity contribution >= 4 is 35.6 Å². The summed E-state index contributed by atoms with van der Waals surface area (Å²) >= 11 is 5.98. The molecule has 0 spiro atoms. The van der Waals surface area contributed by atoms with Crippen LogP contribution in [0.4, 0.5) is 5.69 Å². The summed E-state index contributed by atoms with van der Waals surface area (Å²) in [7, 11) is 1.51. The Bertz CT molecular complexity index is 517. The maximum Gasteiger partial charge on any atom is 0.255 e. The maximum absolute atomic E-state index is 12.3. The van der Waals surface area contributed by atoms with Crippen LogP contribution in [0, 0.1) is 5.41 Å². The Hall–Kier alpha value is -1.13. The largest absolute Gasteiger partial charge is 0.496 e. The molecule has 118 valence electrons. The van der Waals surface area contributed by atoms with Crippen molar-refractivity contribution in [3.05, 3.63) is 22.7 Å². The number of carbonyl (C=O) groups is 1. The lowest BCUT2D eigenvalue weighted by Gasteiger charge is -2.16. The van der Waals surface area contributed by atoms with Crippen LogP contribution >= 0.6 is 24.0 Å². The van der Waals surface area contributed by atoms with Gasteiger partial charge in [-0.3, -0.25) is 4.79 Å². The molecule has 0 unspecified atom stereocenters. The Morgan fingerprint density at radius 2 is 2.14 bits per heavy atom. The van der Waals surface area contributed by atoms with E-state index in [0.717, 1.165) is 12.8 Å². The molecular weight excluding hydrogens is 311 g/mol. The fourth-order valence-electron chi connectivity index (χ4n) is 2.50. The number of ether oxygens (including phenoxy) is 1. The second kappa shape index (κ2) is 7.23. The van der Waals surface area contributed by atoms with Crippen molar-refractivity contribution in [3.63, 3.8) is 0 Å². The molecule has 21 heavy (non-hydrogen) atoms. The highest BCUT2D eigenvalue weighted by atomic mass is 35.5. The number of methoxy groups -OCH3 is 1. The van der Waals surface area contributed by atoms with E-state index in [1.54, 1.807) is 12.1 Å². The lowest BCUT2D eigenvalue weighted by Crippen LogP contribution is -2.30. The first-order valence-electron chi connectivity index (χ1n) is 6.92. The number of halogens is 2. The van der Waals surface area contributed by atoms with Crippen molar-refractivity contribution in [2.24, 2.45) is 5.41 Å². The third-order valence-electron chi connectivity index (χ3n) is 3.92. The fraction of sp³-hybridized carbons (Fsp3) is 0.533. The Morgan fingerprint density at radius 3 is 2.67 bits per heavy atom. The number of nitrogens with two attached hydrogens (primary N) is 1. The van der Waals surface area contributed by atoms with Crippen LogP contribution < -0.4 is 15.8 Å². The molecule has 0 aromatic heterocycles. The minimum absolute atomic E-state index is 0. The molecular formula is C15H22Cl2N2O2. The highest BCUT2D eigenvalue weighted by Gasteiger charge is 2.41. The number of nitrogens with one attached hydrogen (secondary N) is 1. The lowest BCUT2D eigenvalue weighted by atomic mass is 10.0. The Kier molecular flexibility index (Phi) is 6.17. The standard InChI is InChI=1S/C15H21ClN2O2.ClH/c1-3-4-15(5-6-15)9-18-14(19)10-7-11(16)12(17)8-13(10)20-2;/h7-8H,3-6,9,17H2,1-2H3,(H,18,19);1H. The van der Waals surface area contributed by atoms with Crippen LogP contribution in [-0.4, -0.2) is 19.6 Å². The summed E-state index contributed by atoms with van der Waals surface area (Å²) in [6, 6.07) is 3.14. The van der Waals surface area contributed by atoms with Gasteiger partial charge in [-0.1, -0.05) is 24.9 Å². The van der Waals surface area contributed by atoms with Crippen LogP contribution in [0.5, 0.6) is 5.75 Å². The second-order valence-corrected chi connectivity index (χ2v) is 5.91. The zero-order valence-corrected chi connectivity index (χ0v) is 13.9. The molecule has 0 aliphatic heterocycles. The van der Waals surface area contributed by atoms with Gasteiger partial charge in [0.15, 0.2) is 0 Å². The monoisotopic (exact) mass is 332 g/mol. The van der Waals surface area contributed by atoms with E-state index in [1.165, 1.54) is 20.0 Å². The van der Waals surface area contributed by atoms with Gasteiger partial charge in [-0.2, -0.15) is 0 Å². The predicted molar refractivity (Wildman–Crippen MR) is 88.6 cm³/mol. The number of hydrogen-bond donors (Lipinski definition) is 2. The average molecular weight is 333 g/mol. The van der Waals surface area contributed by atoms with Crippen LogP contribution in [-0.2, 0) is 0 Å². The molecule has 6 heteroatoms. The zero-order chi connectivity index (χ0) is 14.8. The summed E-state index contributed by atoms with van der Waals surface area (Å²) in [4.78, 5) is 12.3. The quantitative estimate of drug-likeness (QED) is 0.781. The minimum Gasteiger partial charge on any atom is -0.496 e. The smallest absolute Gasteiger partial charge is 0.255 e. The molecule has 0 saturated heterocycles. The third kappa shape index (κ3) is 4.17. The Labute approximate surface area is 136 Å². The number of amides is 1. The van der Waals surface area contributed by atoms with Gasteiger partial charge in [0.1, 0.15) is 5.75 Å². The minimum atomic E-state index is -0.161. The third-order valence-corrected chi connectivity index (χ3v) is 4.25. The molecule has 1 amide bonds. The van der Waals surface area contributed by atoms with Crippen molar-refractivity contribution in [3.8, 4) is 5.75 Å². The van der Waals surface area contributed by atoms with E-state index in [4.69, 9.17) is 22.1 Å². The molecule has 0 bridgehead atoms. The predicted octanol–water partition coefficient (Wildman–Crippen LogP) is 3.66. The first kappa shape index (κ1) is 17.9. The van der Waals surface area contributed by atoms with Crippen LogP contribution in [0.15, 0.2) is 12.1 Å². The zero-order valence-electron chi connectivity index (χ0n) is 12.4. The summed E-state index contributed by atoms with van der Waals surface area (Å²) in [5.41, 5.74) is 6.87. The highest BCUT2D eigenvalue weighted by molar-refractivity contribution is 6.33. The van der Waals surface area contributed by atoms with Gasteiger partial charge < -0.3 is 15.8 Å². The lowest BCUT2D eigenvalue weighted by molar-refractivity contribution is 0.0940. The molecule has 4 nitrogen and oxygen atoms in total. The molecule has 1 aliphatic carbocycles. The molecule has 1 fully saturated rings. The number of carbonyl (C=O) groups excluding carboxylic acids is 1. The topological polar surface area (TPSA) is 64.4 Å². The molecule has 2 rings (SSSR count). The molecule has 0 heterocycles. The SMILES string of the molecule is CCCC1(CNC(=O)c2cc(Cl)c(N)cc2OC)CC1.Cl. The molecule has 0 atom stereocenters. The number of hydrogen-bond acceptors (Lipinski definition) is 3. The molecule has 1 aromatic carbocycles. The summed E-state index contributed by atoms with van der Waals surface area (Å²) in [6.45, 7) is 2.88. The summed E-state index contributed by atoms with van der Waals surface area (Å²) in [5, 5.41) is 3.36. The normalized spacial score (nSPS) is 15.0. The van der Waals surface area contributed by atoms with Crippen molar-refractivity contribution in [2.75, 3.05) is 19.4 Å². The highest BCUT2D eigenvalue weighted by Crippen LogP contribution is 2.49. The van der Waals surface area contributed by atoms with Crippen molar-refractivity contribution in [1.82, 2.24) is 5.32 Å². The van der Waals surface area contributed by atoms with Crippen LogP contribution in [0.25, 0.3) is 0 Å². The van der Waals surface area contributed by atoms with Crippen LogP contribution in [0.3, 0.4) is 0 Å². The van der Waals surface area contributed by atoms with E-state index in [1.807, 2.05) is 0 Å². The molecule has 1 saturated carbocycles. The van der Waals surface area contributed by atoms with E-state index in [0.29, 0.717) is 34.0 Å². The Balaban J connectivity index is 0.00000220. The van der Waals surface area contributed by atoms with E-state index < -0.39 is 0 Å². The second-order valence-electron chi connectivity index (χ2n) is 5.51. The fourth-order valence-corrected chi connectivity index (χ4v) is 2.66. The van der Waals surface area contributed by atoms with E-state index in [2.05, 4.69) is 12.2 Å². The maximum atomic E-state index is 12.3. The van der Waals surface area contributed by atoms with Crippen LogP contribution in [0.1, 0.15) is 43.0 Å². The summed E-state index contributed by atoms with van der Waals surface area (Å²) in [5.74, 6) is 0.288. The van der Waals surface area contributed by atoms with Gasteiger partial charge >= 0.3 is 0 Å². The molecule has 1 aliphatic rings. The van der Waals surface area contributed by atoms with Gasteiger partial charge in [0.05, 0.1) is 23.4 Å². The molecule has 0 radical (unpaired) electrons. The van der Waals surface area contributed by atoms with E-state index >= 15 is 0 Å². The van der Waals surface area contributed by atoms with Crippen LogP contribution in [0.2, 0.25) is 5.02 Å². The van der Waals surface area contributed by atoms with Gasteiger partial charge in [-0.25, -0.2) is 0 Å². The summed E-state index contributed by atoms with van der Waals surface area (Å²) < 4.78 is 5.20. The molecule has 1 aromatic rings. The number of anilines is 1. The first-order chi connectivity index (χ1) is 9.51. The van der Waals surface area contributed by atoms with Gasteiger partial charge in [0.2, 0.25) is 0 Å². The van der Waals surface area contributed by atoms with Gasteiger partial charge in [-0.15, -0.1) is 12.4 Å². The van der Waals surface area contributed by atoms with Gasteiger partial charge in [-0.05, 0) is 30.7 Å². The van der Waals surface area contributed by atoms with Gasteiger partial charge in [0.25, 0.3) is 5.91 Å². The number of rotatable bonds is 6. The van der Waals surface area contributed by atoms with Crippen molar-refractivity contribution < 1.29 is 9.53 Å². The van der Waals surface area contributed by atoms with Gasteiger partial charge in [0, 0.05) is 12.6 Å². The van der Waals surface area contributed by atoms with E-state index in [9.17, 15) is 4.79 Å². The number of benzene rings is 1. The van der Waals surface area contributed by atoms with Crippen molar-refractivity contribution in [2.45, 2.75) is 32.6 Å². The molecule has 3 N–H and O–H groups in total. The van der Waals surface area contributed by atoms with E-state index in [-0.39, 0.29) is 18.3 Å². The first-order valence-corrected chi connectivity index (χ1v) is 7.30.